The van der Waals surface area contributed by atoms with Crippen LogP contribution in [0.4, 0.5) is 4.79 Å². The highest BCUT2D eigenvalue weighted by molar-refractivity contribution is 5.77. The smallest absolute Gasteiger partial charge is 0.407 e. The molecule has 122 valence electrons. The summed E-state index contributed by atoms with van der Waals surface area (Å²) in [6, 6.07) is 7.45. The van der Waals surface area contributed by atoms with E-state index in [0.717, 1.165) is 11.1 Å². The summed E-state index contributed by atoms with van der Waals surface area (Å²) in [4.78, 5) is 28.1. The zero-order valence-corrected chi connectivity index (χ0v) is 13.8. The van der Waals surface area contributed by atoms with Gasteiger partial charge in [0.25, 0.3) is 0 Å². The Kier molecular flexibility index (Phi) is 6.37. The fourth-order valence-corrected chi connectivity index (χ4v) is 1.65. The van der Waals surface area contributed by atoms with Gasteiger partial charge in [0.05, 0.1) is 13.5 Å². The van der Waals surface area contributed by atoms with Crippen LogP contribution in [0, 0.1) is 0 Å². The number of alkyl carbamates (subject to hydrolysis) is 1. The molecular formula is C16H24N2O4. The summed E-state index contributed by atoms with van der Waals surface area (Å²) in [7, 11) is 3.02. The van der Waals surface area contributed by atoms with Crippen LogP contribution in [-0.4, -0.2) is 36.8 Å². The third-order valence-electron chi connectivity index (χ3n) is 2.84. The summed E-state index contributed by atoms with van der Waals surface area (Å²) in [6.45, 7) is 5.82. The molecule has 0 fully saturated rings. The van der Waals surface area contributed by atoms with Crippen LogP contribution in [0.15, 0.2) is 24.3 Å². The third-order valence-corrected chi connectivity index (χ3v) is 2.84. The minimum absolute atomic E-state index is 0.123. The van der Waals surface area contributed by atoms with Crippen molar-refractivity contribution < 1.29 is 19.2 Å². The maximum absolute atomic E-state index is 11.7. The van der Waals surface area contributed by atoms with Gasteiger partial charge in [0.15, 0.2) is 0 Å². The first-order valence-corrected chi connectivity index (χ1v) is 7.06. The van der Waals surface area contributed by atoms with Crippen LogP contribution in [-0.2, 0) is 27.3 Å². The number of carbonyl (C=O) groups excluding carboxylic acids is 2. The van der Waals surface area contributed by atoms with Crippen LogP contribution in [0.1, 0.15) is 31.9 Å². The third kappa shape index (κ3) is 6.58. The van der Waals surface area contributed by atoms with E-state index >= 15 is 0 Å². The van der Waals surface area contributed by atoms with Gasteiger partial charge in [0.1, 0.15) is 5.60 Å². The van der Waals surface area contributed by atoms with Crippen molar-refractivity contribution in [2.24, 2.45) is 0 Å². The van der Waals surface area contributed by atoms with Crippen molar-refractivity contribution in [2.45, 2.75) is 39.3 Å². The van der Waals surface area contributed by atoms with E-state index in [1.807, 2.05) is 45.0 Å². The number of likely N-dealkylation sites (N-methyl/N-ethyl adjacent to an activating group) is 1. The average molecular weight is 308 g/mol. The van der Waals surface area contributed by atoms with Crippen molar-refractivity contribution in [1.82, 2.24) is 10.4 Å². The van der Waals surface area contributed by atoms with Crippen LogP contribution in [0.5, 0.6) is 0 Å². The van der Waals surface area contributed by atoms with Gasteiger partial charge in [0, 0.05) is 13.6 Å². The number of hydrogen-bond acceptors (Lipinski definition) is 4. The Morgan fingerprint density at radius 2 is 1.68 bits per heavy atom. The maximum atomic E-state index is 11.7. The Bertz CT molecular complexity index is 506. The standard InChI is InChI=1S/C16H24N2O4/c1-16(2,3)22-15(20)17-11-13-8-6-12(7-9-13)10-14(19)18(4)21-5/h6-9H,10-11H2,1-5H3,(H,17,20). The lowest BCUT2D eigenvalue weighted by Crippen LogP contribution is -2.32. The Hall–Kier alpha value is -2.08. The molecule has 1 rings (SSSR count). The van der Waals surface area contributed by atoms with Crippen molar-refractivity contribution in [1.29, 1.82) is 0 Å². The van der Waals surface area contributed by atoms with E-state index in [1.165, 1.54) is 12.2 Å². The van der Waals surface area contributed by atoms with Crippen molar-refractivity contribution in [3.05, 3.63) is 35.4 Å². The highest BCUT2D eigenvalue weighted by Gasteiger charge is 2.15. The molecule has 0 saturated carbocycles. The summed E-state index contributed by atoms with van der Waals surface area (Å²) in [6.07, 6.45) is -0.183. The fraction of sp³-hybridized carbons (Fsp3) is 0.500. The largest absolute Gasteiger partial charge is 0.444 e. The van der Waals surface area contributed by atoms with E-state index in [1.54, 1.807) is 7.05 Å². The first-order chi connectivity index (χ1) is 10.2. The molecule has 2 amide bonds. The van der Waals surface area contributed by atoms with E-state index in [2.05, 4.69) is 5.32 Å². The number of rotatable bonds is 5. The van der Waals surface area contributed by atoms with Crippen LogP contribution in [0.2, 0.25) is 0 Å². The molecule has 0 saturated heterocycles. The molecule has 0 heterocycles. The van der Waals surface area contributed by atoms with Crippen LogP contribution >= 0.6 is 0 Å². The second-order valence-corrected chi connectivity index (χ2v) is 5.92. The lowest BCUT2D eigenvalue weighted by atomic mass is 10.1. The Morgan fingerprint density at radius 1 is 1.14 bits per heavy atom. The molecule has 0 spiro atoms. The SMILES string of the molecule is CON(C)C(=O)Cc1ccc(CNC(=O)OC(C)(C)C)cc1. The number of hydrogen-bond donors (Lipinski definition) is 1. The fourth-order valence-electron chi connectivity index (χ4n) is 1.65. The molecule has 0 aliphatic rings. The molecular weight excluding hydrogens is 284 g/mol. The van der Waals surface area contributed by atoms with Crippen LogP contribution in [0.3, 0.4) is 0 Å². The molecule has 0 aliphatic carbocycles. The number of carbonyl (C=O) groups is 2. The number of hydroxylamine groups is 2. The number of amides is 2. The van der Waals surface area contributed by atoms with E-state index < -0.39 is 11.7 Å². The quantitative estimate of drug-likeness (QED) is 0.847. The second kappa shape index (κ2) is 7.79. The van der Waals surface area contributed by atoms with Crippen molar-refractivity contribution >= 4 is 12.0 Å². The second-order valence-electron chi connectivity index (χ2n) is 5.92. The van der Waals surface area contributed by atoms with Crippen molar-refractivity contribution in [2.75, 3.05) is 14.2 Å². The van der Waals surface area contributed by atoms with Gasteiger partial charge in [-0.15, -0.1) is 0 Å². The Labute approximate surface area is 131 Å². The topological polar surface area (TPSA) is 67.9 Å². The summed E-state index contributed by atoms with van der Waals surface area (Å²) < 4.78 is 5.16. The number of nitrogens with one attached hydrogen (secondary N) is 1. The summed E-state index contributed by atoms with van der Waals surface area (Å²) >= 11 is 0. The minimum atomic E-state index is -0.512. The molecule has 1 aromatic carbocycles. The van der Waals surface area contributed by atoms with Gasteiger partial charge in [-0.1, -0.05) is 24.3 Å². The molecule has 1 N–H and O–H groups in total. The molecule has 1 aromatic rings. The van der Waals surface area contributed by atoms with E-state index in [0.29, 0.717) is 6.54 Å². The first kappa shape index (κ1) is 18.0. The number of ether oxygens (including phenoxy) is 1. The van der Waals surface area contributed by atoms with E-state index in [4.69, 9.17) is 9.57 Å². The van der Waals surface area contributed by atoms with E-state index in [9.17, 15) is 9.59 Å². The summed E-state index contributed by atoms with van der Waals surface area (Å²) in [5.74, 6) is -0.123. The van der Waals surface area contributed by atoms with Crippen molar-refractivity contribution in [3.63, 3.8) is 0 Å². The van der Waals surface area contributed by atoms with Gasteiger partial charge in [0.2, 0.25) is 5.91 Å². The molecule has 0 bridgehead atoms. The minimum Gasteiger partial charge on any atom is -0.444 e. The zero-order valence-electron chi connectivity index (χ0n) is 13.8. The van der Waals surface area contributed by atoms with Gasteiger partial charge in [-0.05, 0) is 31.9 Å². The molecule has 6 nitrogen and oxygen atoms in total. The lowest BCUT2D eigenvalue weighted by Gasteiger charge is -2.19. The van der Waals surface area contributed by atoms with E-state index in [-0.39, 0.29) is 12.3 Å². The highest BCUT2D eigenvalue weighted by Crippen LogP contribution is 2.09. The molecule has 0 unspecified atom stereocenters. The number of nitrogens with zero attached hydrogens (tertiary/aromatic N) is 1. The lowest BCUT2D eigenvalue weighted by molar-refractivity contribution is -0.167. The molecule has 22 heavy (non-hydrogen) atoms. The monoisotopic (exact) mass is 308 g/mol. The Balaban J connectivity index is 2.48. The van der Waals surface area contributed by atoms with Gasteiger partial charge in [-0.25, -0.2) is 9.86 Å². The van der Waals surface area contributed by atoms with Crippen LogP contribution in [0.25, 0.3) is 0 Å². The van der Waals surface area contributed by atoms with Crippen molar-refractivity contribution in [3.8, 4) is 0 Å². The average Bonchev–Trinajstić information content (AvgIpc) is 2.43. The molecule has 6 heteroatoms. The summed E-state index contributed by atoms with van der Waals surface area (Å²) in [5.41, 5.74) is 1.30. The highest BCUT2D eigenvalue weighted by atomic mass is 16.7. The number of benzene rings is 1. The molecule has 0 radical (unpaired) electrons. The molecule has 0 atom stereocenters. The normalized spacial score (nSPS) is 11.0. The molecule has 0 aromatic heterocycles. The first-order valence-electron chi connectivity index (χ1n) is 7.06. The summed E-state index contributed by atoms with van der Waals surface area (Å²) in [5, 5.41) is 3.88. The Morgan fingerprint density at radius 3 is 2.18 bits per heavy atom. The van der Waals surface area contributed by atoms with Gasteiger partial charge in [-0.2, -0.15) is 0 Å². The van der Waals surface area contributed by atoms with Gasteiger partial charge >= 0.3 is 6.09 Å². The molecule has 0 aliphatic heterocycles. The zero-order chi connectivity index (χ0) is 16.8. The predicted octanol–water partition coefficient (Wildman–Crippen LogP) is 2.27. The van der Waals surface area contributed by atoms with Crippen LogP contribution < -0.4 is 5.32 Å². The van der Waals surface area contributed by atoms with Gasteiger partial charge < -0.3 is 10.1 Å². The maximum Gasteiger partial charge on any atom is 0.407 e. The predicted molar refractivity (Wildman–Crippen MR) is 83.0 cm³/mol. The van der Waals surface area contributed by atoms with Gasteiger partial charge in [-0.3, -0.25) is 9.63 Å².